The lowest BCUT2D eigenvalue weighted by molar-refractivity contribution is -0.385. The first-order valence-electron chi connectivity index (χ1n) is 8.44. The number of nitrogens with zero attached hydrogens (tertiary/aromatic N) is 2. The number of aromatic amines is 2. The molecule has 5 N–H and O–H groups in total. The summed E-state index contributed by atoms with van der Waals surface area (Å²) < 4.78 is 12.0. The van der Waals surface area contributed by atoms with Crippen LogP contribution in [0.5, 0.6) is 0 Å². The summed E-state index contributed by atoms with van der Waals surface area (Å²) in [5.74, 6) is -1.68. The molecule has 15 heteroatoms. The number of hydrogen-bond donors (Lipinski definition) is 5. The topological polar surface area (TPSA) is 222 Å². The molecule has 0 bridgehead atoms. The molecule has 0 aliphatic carbocycles. The van der Waals surface area contributed by atoms with E-state index in [-0.39, 0.29) is 27.8 Å². The van der Waals surface area contributed by atoms with E-state index in [9.17, 15) is 44.2 Å². The molecule has 1 aromatic heterocycles. The molecular formula is C16H14N5O9P. The largest absolute Gasteiger partial charge is 0.346 e. The van der Waals surface area contributed by atoms with Crippen LogP contribution in [0.15, 0.2) is 46.0 Å². The highest BCUT2D eigenvalue weighted by Crippen LogP contribution is 2.50. The number of aromatic nitrogens is 2. The Hall–Kier alpha value is -3.71. The van der Waals surface area contributed by atoms with Gasteiger partial charge in [0.2, 0.25) is 0 Å². The normalized spacial score (nSPS) is 12.6. The van der Waals surface area contributed by atoms with Crippen molar-refractivity contribution in [3.63, 3.8) is 0 Å². The molecule has 3 aromatic rings. The Bertz CT molecular complexity index is 1360. The summed E-state index contributed by atoms with van der Waals surface area (Å²) in [5, 5.41) is 24.7. The molecule has 31 heavy (non-hydrogen) atoms. The van der Waals surface area contributed by atoms with Gasteiger partial charge in [-0.1, -0.05) is 12.1 Å². The minimum Gasteiger partial charge on any atom is -0.323 e. The van der Waals surface area contributed by atoms with Crippen LogP contribution < -0.4 is 16.4 Å². The summed E-state index contributed by atoms with van der Waals surface area (Å²) in [5.41, 5.74) is -2.94. The lowest BCUT2D eigenvalue weighted by Crippen LogP contribution is -2.29. The SMILES string of the molecule is O=c1[nH]c2cc([N+](=O)[O-])cc(CNC(c3cccc([N+](=O)[O-])c3)P(=O)(O)O)c2[nH]c1=O. The number of rotatable bonds is 7. The maximum absolute atomic E-state index is 12.0. The Morgan fingerprint density at radius 3 is 2.26 bits per heavy atom. The van der Waals surface area contributed by atoms with Crippen LogP contribution >= 0.6 is 7.60 Å². The molecule has 0 saturated heterocycles. The monoisotopic (exact) mass is 451 g/mol. The minimum atomic E-state index is -4.89. The van der Waals surface area contributed by atoms with E-state index in [0.717, 1.165) is 24.3 Å². The molecule has 1 atom stereocenters. The number of fused-ring (bicyclic) bond motifs is 1. The third-order valence-corrected chi connectivity index (χ3v) is 5.48. The lowest BCUT2D eigenvalue weighted by atomic mass is 10.1. The standard InChI is InChI=1S/C16H14N5O9P/c22-14-15(23)19-13-9(5-11(21(26)27)6-12(13)18-14)7-17-16(31(28,29)30)8-2-1-3-10(4-8)20(24)25/h1-6,16-17H,7H2,(H,18,22)(H,19,23)(H2,28,29,30). The van der Waals surface area contributed by atoms with E-state index in [4.69, 9.17) is 0 Å². The third kappa shape index (κ3) is 4.73. The smallest absolute Gasteiger partial charge is 0.323 e. The quantitative estimate of drug-likeness (QED) is 0.148. The Balaban J connectivity index is 2.07. The highest BCUT2D eigenvalue weighted by atomic mass is 31.2. The first-order chi connectivity index (χ1) is 14.5. The van der Waals surface area contributed by atoms with Crippen LogP contribution in [-0.4, -0.2) is 29.6 Å². The van der Waals surface area contributed by atoms with Gasteiger partial charge in [0.15, 0.2) is 0 Å². The van der Waals surface area contributed by atoms with Gasteiger partial charge >= 0.3 is 18.7 Å². The van der Waals surface area contributed by atoms with Crippen LogP contribution in [0.2, 0.25) is 0 Å². The second kappa shape index (κ2) is 8.20. The van der Waals surface area contributed by atoms with E-state index < -0.39 is 46.6 Å². The highest BCUT2D eigenvalue weighted by molar-refractivity contribution is 7.52. The number of benzene rings is 2. The van der Waals surface area contributed by atoms with Crippen molar-refractivity contribution in [3.05, 3.63) is 88.5 Å². The summed E-state index contributed by atoms with van der Waals surface area (Å²) in [6.45, 7) is -0.390. The van der Waals surface area contributed by atoms with Crippen molar-refractivity contribution in [3.8, 4) is 0 Å². The fourth-order valence-electron chi connectivity index (χ4n) is 2.97. The van der Waals surface area contributed by atoms with Crippen molar-refractivity contribution in [2.24, 2.45) is 0 Å². The van der Waals surface area contributed by atoms with Gasteiger partial charge in [-0.05, 0) is 11.1 Å². The van der Waals surface area contributed by atoms with Crippen molar-refractivity contribution >= 4 is 30.0 Å². The molecule has 2 aromatic carbocycles. The van der Waals surface area contributed by atoms with E-state index >= 15 is 0 Å². The minimum absolute atomic E-state index is 0.0196. The van der Waals surface area contributed by atoms with Crippen molar-refractivity contribution < 1.29 is 24.2 Å². The van der Waals surface area contributed by atoms with Crippen molar-refractivity contribution in [1.29, 1.82) is 0 Å². The van der Waals surface area contributed by atoms with Gasteiger partial charge in [-0.2, -0.15) is 0 Å². The molecule has 14 nitrogen and oxygen atoms in total. The number of nitro groups is 2. The van der Waals surface area contributed by atoms with Crippen LogP contribution in [0.25, 0.3) is 11.0 Å². The Morgan fingerprint density at radius 1 is 1.00 bits per heavy atom. The first-order valence-corrected chi connectivity index (χ1v) is 10.1. The van der Waals surface area contributed by atoms with E-state index in [2.05, 4.69) is 15.3 Å². The molecule has 0 aliphatic heterocycles. The molecule has 0 aliphatic rings. The van der Waals surface area contributed by atoms with Crippen molar-refractivity contribution in [2.75, 3.05) is 0 Å². The van der Waals surface area contributed by atoms with Crippen LogP contribution in [0, 0.1) is 20.2 Å². The van der Waals surface area contributed by atoms with Gasteiger partial charge in [0.25, 0.3) is 11.4 Å². The van der Waals surface area contributed by atoms with E-state index in [0.29, 0.717) is 0 Å². The molecular weight excluding hydrogens is 437 g/mol. The molecule has 0 fully saturated rings. The fourth-order valence-corrected chi connectivity index (χ4v) is 3.85. The average Bonchev–Trinajstić information content (AvgIpc) is 2.68. The van der Waals surface area contributed by atoms with Gasteiger partial charge in [-0.3, -0.25) is 39.7 Å². The highest BCUT2D eigenvalue weighted by Gasteiger charge is 2.31. The number of nitrogens with one attached hydrogen (secondary N) is 3. The Kier molecular flexibility index (Phi) is 5.81. The van der Waals surface area contributed by atoms with Crippen LogP contribution in [0.1, 0.15) is 16.9 Å². The van der Waals surface area contributed by atoms with E-state index in [1.54, 1.807) is 0 Å². The molecule has 0 spiro atoms. The molecule has 0 saturated carbocycles. The van der Waals surface area contributed by atoms with Gasteiger partial charge < -0.3 is 19.8 Å². The Morgan fingerprint density at radius 2 is 1.65 bits per heavy atom. The molecule has 0 amide bonds. The van der Waals surface area contributed by atoms with Gasteiger partial charge in [0.1, 0.15) is 5.78 Å². The lowest BCUT2D eigenvalue weighted by Gasteiger charge is -2.20. The van der Waals surface area contributed by atoms with Gasteiger partial charge in [0, 0.05) is 30.8 Å². The maximum Gasteiger partial charge on any atom is 0.346 e. The zero-order valence-electron chi connectivity index (χ0n) is 15.3. The van der Waals surface area contributed by atoms with Gasteiger partial charge in [0.05, 0.1) is 20.9 Å². The van der Waals surface area contributed by atoms with Gasteiger partial charge in [-0.25, -0.2) is 0 Å². The Labute approximate surface area is 171 Å². The predicted molar refractivity (Wildman–Crippen MR) is 107 cm³/mol. The first kappa shape index (κ1) is 22.0. The van der Waals surface area contributed by atoms with Crippen LogP contribution in [0.3, 0.4) is 0 Å². The average molecular weight is 451 g/mol. The number of non-ortho nitro benzene ring substituents is 2. The number of nitro benzene ring substituents is 2. The van der Waals surface area contributed by atoms with Crippen LogP contribution in [-0.2, 0) is 11.1 Å². The van der Waals surface area contributed by atoms with E-state index in [1.165, 1.54) is 12.1 Å². The van der Waals surface area contributed by atoms with Crippen molar-refractivity contribution in [2.45, 2.75) is 12.3 Å². The summed E-state index contributed by atoms with van der Waals surface area (Å²) in [4.78, 5) is 67.9. The number of hydrogen-bond acceptors (Lipinski definition) is 8. The molecule has 1 heterocycles. The zero-order valence-corrected chi connectivity index (χ0v) is 16.2. The molecule has 1 unspecified atom stereocenters. The predicted octanol–water partition coefficient (Wildman–Crippen LogP) is 0.999. The second-order valence-electron chi connectivity index (χ2n) is 6.42. The van der Waals surface area contributed by atoms with Gasteiger partial charge in [-0.15, -0.1) is 0 Å². The summed E-state index contributed by atoms with van der Waals surface area (Å²) in [6.07, 6.45) is 0. The molecule has 3 rings (SSSR count). The zero-order chi connectivity index (χ0) is 22.9. The van der Waals surface area contributed by atoms with Crippen LogP contribution in [0.4, 0.5) is 11.4 Å². The van der Waals surface area contributed by atoms with Crippen molar-refractivity contribution in [1.82, 2.24) is 15.3 Å². The summed E-state index contributed by atoms with van der Waals surface area (Å²) in [7, 11) is -4.89. The van der Waals surface area contributed by atoms with E-state index in [1.807, 2.05) is 0 Å². The summed E-state index contributed by atoms with van der Waals surface area (Å²) >= 11 is 0. The summed E-state index contributed by atoms with van der Waals surface area (Å²) in [6, 6.07) is 6.75. The molecule has 0 radical (unpaired) electrons. The fraction of sp³-hybridized carbons (Fsp3) is 0.125. The maximum atomic E-state index is 12.0. The molecule has 162 valence electrons. The second-order valence-corrected chi connectivity index (χ2v) is 8.11. The third-order valence-electron chi connectivity index (χ3n) is 4.33. The number of H-pyrrole nitrogens is 2.